The number of halogens is 2. The molecule has 1 aliphatic rings. The predicted octanol–water partition coefficient (Wildman–Crippen LogP) is 4.80. The Morgan fingerprint density at radius 2 is 2.06 bits per heavy atom. The Balaban J connectivity index is 2.39. The Labute approximate surface area is 112 Å². The molecular weight excluding hydrogens is 249 g/mol. The van der Waals surface area contributed by atoms with E-state index in [9.17, 15) is 4.39 Å². The second kappa shape index (κ2) is 5.66. The van der Waals surface area contributed by atoms with Crippen LogP contribution in [0.25, 0.3) is 0 Å². The molecule has 0 saturated carbocycles. The quantitative estimate of drug-likeness (QED) is 0.765. The first-order chi connectivity index (χ1) is 8.59. The van der Waals surface area contributed by atoms with Crippen molar-refractivity contribution in [2.75, 3.05) is 0 Å². The minimum atomic E-state index is -0.224. The van der Waals surface area contributed by atoms with E-state index in [4.69, 9.17) is 11.6 Å². The molecule has 1 heterocycles. The van der Waals surface area contributed by atoms with Crippen LogP contribution in [0.3, 0.4) is 0 Å². The van der Waals surface area contributed by atoms with Crippen LogP contribution in [0.1, 0.15) is 38.3 Å². The smallest absolute Gasteiger partial charge is 0.145 e. The molecule has 0 saturated heterocycles. The van der Waals surface area contributed by atoms with E-state index in [1.807, 2.05) is 12.2 Å². The van der Waals surface area contributed by atoms with Gasteiger partial charge in [-0.05, 0) is 37.0 Å². The van der Waals surface area contributed by atoms with Crippen LogP contribution in [0.2, 0.25) is 0 Å². The van der Waals surface area contributed by atoms with Gasteiger partial charge in [0.1, 0.15) is 5.82 Å². The van der Waals surface area contributed by atoms with Gasteiger partial charge in [0.15, 0.2) is 0 Å². The summed E-state index contributed by atoms with van der Waals surface area (Å²) in [5.74, 6) is 0.121. The van der Waals surface area contributed by atoms with Gasteiger partial charge >= 0.3 is 0 Å². The molecule has 1 aliphatic carbocycles. The number of aromatic nitrogens is 1. The number of nitrogens with zero attached hydrogens (tertiary/aromatic N) is 1. The van der Waals surface area contributed by atoms with Crippen molar-refractivity contribution in [2.24, 2.45) is 5.92 Å². The topological polar surface area (TPSA) is 12.9 Å². The van der Waals surface area contributed by atoms with E-state index in [-0.39, 0.29) is 11.7 Å². The summed E-state index contributed by atoms with van der Waals surface area (Å²) in [7, 11) is 0. The summed E-state index contributed by atoms with van der Waals surface area (Å²) in [4.78, 5) is 4.22. The van der Waals surface area contributed by atoms with Gasteiger partial charge < -0.3 is 0 Å². The molecule has 0 aliphatic heterocycles. The van der Waals surface area contributed by atoms with Crippen LogP contribution in [0.5, 0.6) is 0 Å². The van der Waals surface area contributed by atoms with Crippen molar-refractivity contribution in [1.29, 1.82) is 0 Å². The second-order valence-electron chi connectivity index (χ2n) is 4.95. The van der Waals surface area contributed by atoms with E-state index in [1.165, 1.54) is 11.6 Å². The molecule has 2 rings (SSSR count). The summed E-state index contributed by atoms with van der Waals surface area (Å²) in [6, 6.07) is 3.10. The molecule has 0 amide bonds. The molecule has 1 aromatic heterocycles. The molecule has 0 bridgehead atoms. The van der Waals surface area contributed by atoms with Crippen LogP contribution in [0, 0.1) is 11.7 Å². The average Bonchev–Trinajstić information content (AvgIpc) is 2.34. The number of hydrogen-bond acceptors (Lipinski definition) is 1. The van der Waals surface area contributed by atoms with Crippen LogP contribution in [0.15, 0.2) is 41.1 Å². The fourth-order valence-electron chi connectivity index (χ4n) is 2.43. The standard InChI is InChI=1S/C15H17ClFN/c1-10(2)14(11-5-7-12(16)8-6-11)15-13(17)4-3-9-18-15/h3-5,7,9-10,14H,6,8H2,1-2H3. The van der Waals surface area contributed by atoms with Crippen molar-refractivity contribution in [1.82, 2.24) is 4.98 Å². The molecule has 0 aromatic carbocycles. The first-order valence-electron chi connectivity index (χ1n) is 6.25. The summed E-state index contributed by atoms with van der Waals surface area (Å²) in [6.07, 6.45) is 7.31. The van der Waals surface area contributed by atoms with Gasteiger partial charge in [0.2, 0.25) is 0 Å². The molecule has 0 fully saturated rings. The Morgan fingerprint density at radius 3 is 2.61 bits per heavy atom. The minimum absolute atomic E-state index is 0.0345. The lowest BCUT2D eigenvalue weighted by Gasteiger charge is -2.25. The fraction of sp³-hybridized carbons (Fsp3) is 0.400. The van der Waals surface area contributed by atoms with Crippen LogP contribution in [-0.4, -0.2) is 4.98 Å². The molecule has 1 nitrogen and oxygen atoms in total. The summed E-state index contributed by atoms with van der Waals surface area (Å²) in [5, 5.41) is 0.864. The zero-order valence-corrected chi connectivity index (χ0v) is 11.4. The monoisotopic (exact) mass is 265 g/mol. The number of allylic oxidation sites excluding steroid dienone is 4. The highest BCUT2D eigenvalue weighted by Crippen LogP contribution is 2.37. The van der Waals surface area contributed by atoms with Gasteiger partial charge in [0.05, 0.1) is 5.69 Å². The van der Waals surface area contributed by atoms with Crippen LogP contribution in [-0.2, 0) is 0 Å². The highest BCUT2D eigenvalue weighted by atomic mass is 35.5. The van der Waals surface area contributed by atoms with Crippen molar-refractivity contribution >= 4 is 11.6 Å². The number of hydrogen-bond donors (Lipinski definition) is 0. The first kappa shape index (κ1) is 13.3. The summed E-state index contributed by atoms with van der Waals surface area (Å²) >= 11 is 5.97. The lowest BCUT2D eigenvalue weighted by Crippen LogP contribution is -2.14. The molecule has 3 heteroatoms. The zero-order valence-electron chi connectivity index (χ0n) is 10.7. The van der Waals surface area contributed by atoms with Gasteiger partial charge in [-0.25, -0.2) is 4.39 Å². The number of pyridine rings is 1. The highest BCUT2D eigenvalue weighted by molar-refractivity contribution is 6.29. The van der Waals surface area contributed by atoms with Crippen LogP contribution < -0.4 is 0 Å². The molecule has 96 valence electrons. The summed E-state index contributed by atoms with van der Waals surface area (Å²) < 4.78 is 13.9. The van der Waals surface area contributed by atoms with Crippen molar-refractivity contribution in [3.63, 3.8) is 0 Å². The highest BCUT2D eigenvalue weighted by Gasteiger charge is 2.25. The molecular formula is C15H17ClFN. The average molecular weight is 266 g/mol. The van der Waals surface area contributed by atoms with Gasteiger partial charge in [-0.3, -0.25) is 4.98 Å². The van der Waals surface area contributed by atoms with E-state index in [0.29, 0.717) is 11.6 Å². The molecule has 1 atom stereocenters. The van der Waals surface area contributed by atoms with Gasteiger partial charge in [-0.1, -0.05) is 37.1 Å². The summed E-state index contributed by atoms with van der Waals surface area (Å²) in [5.41, 5.74) is 1.76. The van der Waals surface area contributed by atoms with Crippen molar-refractivity contribution in [2.45, 2.75) is 32.6 Å². The second-order valence-corrected chi connectivity index (χ2v) is 5.43. The maximum absolute atomic E-state index is 13.9. The molecule has 0 spiro atoms. The number of rotatable bonds is 3. The van der Waals surface area contributed by atoms with E-state index in [2.05, 4.69) is 18.8 Å². The van der Waals surface area contributed by atoms with Gasteiger partial charge in [-0.2, -0.15) is 0 Å². The Bertz CT molecular complexity index is 491. The van der Waals surface area contributed by atoms with Gasteiger partial charge in [0, 0.05) is 17.1 Å². The van der Waals surface area contributed by atoms with E-state index >= 15 is 0 Å². The molecule has 1 aromatic rings. The maximum Gasteiger partial charge on any atom is 0.145 e. The first-order valence-corrected chi connectivity index (χ1v) is 6.63. The predicted molar refractivity (Wildman–Crippen MR) is 73.0 cm³/mol. The Hall–Kier alpha value is -1.15. The van der Waals surface area contributed by atoms with Crippen LogP contribution >= 0.6 is 11.6 Å². The minimum Gasteiger partial charge on any atom is -0.258 e. The van der Waals surface area contributed by atoms with Crippen LogP contribution in [0.4, 0.5) is 4.39 Å². The zero-order chi connectivity index (χ0) is 13.1. The lowest BCUT2D eigenvalue weighted by atomic mass is 9.81. The molecule has 1 unspecified atom stereocenters. The normalized spacial score (nSPS) is 17.4. The third-order valence-corrected chi connectivity index (χ3v) is 3.59. The fourth-order valence-corrected chi connectivity index (χ4v) is 2.59. The third-order valence-electron chi connectivity index (χ3n) is 3.28. The maximum atomic E-state index is 13.9. The molecule has 0 N–H and O–H groups in total. The van der Waals surface area contributed by atoms with E-state index in [1.54, 1.807) is 12.3 Å². The Kier molecular flexibility index (Phi) is 4.18. The van der Waals surface area contributed by atoms with Gasteiger partial charge in [0.25, 0.3) is 0 Å². The van der Waals surface area contributed by atoms with E-state index in [0.717, 1.165) is 17.9 Å². The van der Waals surface area contributed by atoms with Crippen molar-refractivity contribution in [3.05, 3.63) is 52.6 Å². The molecule has 18 heavy (non-hydrogen) atoms. The Morgan fingerprint density at radius 1 is 1.28 bits per heavy atom. The van der Waals surface area contributed by atoms with Gasteiger partial charge in [-0.15, -0.1) is 0 Å². The molecule has 0 radical (unpaired) electrons. The van der Waals surface area contributed by atoms with Crippen molar-refractivity contribution < 1.29 is 4.39 Å². The largest absolute Gasteiger partial charge is 0.258 e. The third kappa shape index (κ3) is 2.81. The van der Waals surface area contributed by atoms with Crippen molar-refractivity contribution in [3.8, 4) is 0 Å². The lowest BCUT2D eigenvalue weighted by molar-refractivity contribution is 0.492. The SMILES string of the molecule is CC(C)C(C1=CC=C(Cl)CC1)c1ncccc1F. The van der Waals surface area contributed by atoms with E-state index < -0.39 is 0 Å². The summed E-state index contributed by atoms with van der Waals surface area (Å²) in [6.45, 7) is 4.19.